The van der Waals surface area contributed by atoms with Gasteiger partial charge in [-0.2, -0.15) is 5.26 Å². The Morgan fingerprint density at radius 2 is 2.08 bits per heavy atom. The van der Waals surface area contributed by atoms with E-state index in [2.05, 4.69) is 6.07 Å². The average molecular weight is 177 g/mol. The van der Waals surface area contributed by atoms with Gasteiger partial charge in [0.25, 0.3) is 0 Å². The lowest BCUT2D eigenvalue weighted by atomic mass is 9.59. The first-order valence-electron chi connectivity index (χ1n) is 5.24. The summed E-state index contributed by atoms with van der Waals surface area (Å²) in [4.78, 5) is 11.8. The summed E-state index contributed by atoms with van der Waals surface area (Å²) in [6, 6.07) is 2.32. The van der Waals surface area contributed by atoms with Crippen molar-refractivity contribution >= 4 is 5.78 Å². The van der Waals surface area contributed by atoms with Crippen LogP contribution in [-0.2, 0) is 4.79 Å². The van der Waals surface area contributed by atoms with E-state index >= 15 is 0 Å². The number of hydrogen-bond donors (Lipinski definition) is 0. The lowest BCUT2D eigenvalue weighted by molar-refractivity contribution is -0.133. The molecule has 2 fully saturated rings. The Hall–Kier alpha value is -0.840. The lowest BCUT2D eigenvalue weighted by Gasteiger charge is -2.40. The fraction of sp³-hybridized carbons (Fsp3) is 0.818. The monoisotopic (exact) mass is 177 g/mol. The zero-order valence-corrected chi connectivity index (χ0v) is 7.88. The number of ketones is 1. The predicted molar refractivity (Wildman–Crippen MR) is 48.9 cm³/mol. The molecule has 70 valence electrons. The molecule has 2 saturated carbocycles. The van der Waals surface area contributed by atoms with Gasteiger partial charge in [0.2, 0.25) is 0 Å². The first-order chi connectivity index (χ1) is 6.29. The Balaban J connectivity index is 2.30. The molecule has 0 aromatic rings. The molecule has 0 bridgehead atoms. The number of rotatable bonds is 0. The zero-order valence-electron chi connectivity index (χ0n) is 7.88. The molecule has 0 aromatic carbocycles. The van der Waals surface area contributed by atoms with E-state index in [1.54, 1.807) is 0 Å². The SMILES string of the molecule is N#C[C@@]12CCCC[C@@H]1CCCC2=O. The molecule has 2 nitrogen and oxygen atoms in total. The molecular formula is C11H15NO. The molecule has 2 atom stereocenters. The van der Waals surface area contributed by atoms with Crippen LogP contribution in [0.5, 0.6) is 0 Å². The predicted octanol–water partition coefficient (Wildman–Crippen LogP) is 2.44. The summed E-state index contributed by atoms with van der Waals surface area (Å²) in [5.41, 5.74) is -0.559. The summed E-state index contributed by atoms with van der Waals surface area (Å²) in [5, 5.41) is 9.18. The molecule has 13 heavy (non-hydrogen) atoms. The standard InChI is InChI=1S/C11H15NO/c12-8-11-7-2-1-4-9(11)5-3-6-10(11)13/h9H,1-7H2/t9-,11+/m1/s1. The molecule has 2 aliphatic rings. The number of fused-ring (bicyclic) bond motifs is 1. The summed E-state index contributed by atoms with van der Waals surface area (Å²) in [5.74, 6) is 0.610. The second-order valence-corrected chi connectivity index (χ2v) is 4.34. The van der Waals surface area contributed by atoms with E-state index in [-0.39, 0.29) is 5.78 Å². The average Bonchev–Trinajstić information content (AvgIpc) is 2.19. The van der Waals surface area contributed by atoms with Crippen molar-refractivity contribution < 1.29 is 4.79 Å². The van der Waals surface area contributed by atoms with Gasteiger partial charge in [-0.05, 0) is 31.6 Å². The van der Waals surface area contributed by atoms with Crippen molar-refractivity contribution in [2.45, 2.75) is 44.9 Å². The number of hydrogen-bond acceptors (Lipinski definition) is 2. The van der Waals surface area contributed by atoms with E-state index in [1.165, 1.54) is 6.42 Å². The topological polar surface area (TPSA) is 40.9 Å². The largest absolute Gasteiger partial charge is 0.298 e. The number of carbonyl (C=O) groups excluding carboxylic acids is 1. The smallest absolute Gasteiger partial charge is 0.153 e. The van der Waals surface area contributed by atoms with Crippen molar-refractivity contribution in [2.24, 2.45) is 11.3 Å². The molecule has 2 aliphatic carbocycles. The molecule has 0 saturated heterocycles. The van der Waals surface area contributed by atoms with Crippen LogP contribution in [0.1, 0.15) is 44.9 Å². The maximum atomic E-state index is 11.8. The van der Waals surface area contributed by atoms with Gasteiger partial charge in [0.15, 0.2) is 5.78 Å². The Bertz CT molecular complexity index is 264. The third kappa shape index (κ3) is 1.18. The molecule has 0 heterocycles. The van der Waals surface area contributed by atoms with Crippen LogP contribution in [0.4, 0.5) is 0 Å². The van der Waals surface area contributed by atoms with Gasteiger partial charge in [0.05, 0.1) is 6.07 Å². The van der Waals surface area contributed by atoms with Crippen molar-refractivity contribution in [3.05, 3.63) is 0 Å². The van der Waals surface area contributed by atoms with E-state index < -0.39 is 5.41 Å². The molecular weight excluding hydrogens is 162 g/mol. The zero-order chi connectivity index (χ0) is 9.31. The molecule has 2 rings (SSSR count). The highest BCUT2D eigenvalue weighted by Gasteiger charge is 2.48. The molecule has 0 spiro atoms. The molecule has 0 unspecified atom stereocenters. The van der Waals surface area contributed by atoms with Crippen LogP contribution in [-0.4, -0.2) is 5.78 Å². The summed E-state index contributed by atoms with van der Waals surface area (Å²) in [6.45, 7) is 0. The number of nitrogens with zero attached hydrogens (tertiary/aromatic N) is 1. The Labute approximate surface area is 78.9 Å². The third-order valence-corrected chi connectivity index (χ3v) is 3.72. The lowest BCUT2D eigenvalue weighted by Crippen LogP contribution is -2.42. The Kier molecular flexibility index (Phi) is 2.11. The van der Waals surface area contributed by atoms with Crippen LogP contribution < -0.4 is 0 Å². The minimum Gasteiger partial charge on any atom is -0.298 e. The van der Waals surface area contributed by atoms with Crippen LogP contribution in [0.15, 0.2) is 0 Å². The van der Waals surface area contributed by atoms with Gasteiger partial charge in [-0.3, -0.25) is 4.79 Å². The van der Waals surface area contributed by atoms with Crippen molar-refractivity contribution in [3.63, 3.8) is 0 Å². The van der Waals surface area contributed by atoms with Crippen molar-refractivity contribution in [1.82, 2.24) is 0 Å². The Morgan fingerprint density at radius 3 is 2.77 bits per heavy atom. The minimum absolute atomic E-state index is 0.228. The van der Waals surface area contributed by atoms with Gasteiger partial charge in [0.1, 0.15) is 5.41 Å². The maximum Gasteiger partial charge on any atom is 0.153 e. The molecule has 0 aliphatic heterocycles. The quantitative estimate of drug-likeness (QED) is 0.570. The minimum atomic E-state index is -0.559. The van der Waals surface area contributed by atoms with Gasteiger partial charge < -0.3 is 0 Å². The van der Waals surface area contributed by atoms with E-state index in [1.807, 2.05) is 0 Å². The van der Waals surface area contributed by atoms with Crippen LogP contribution in [0.3, 0.4) is 0 Å². The highest BCUT2D eigenvalue weighted by atomic mass is 16.1. The van der Waals surface area contributed by atoms with Gasteiger partial charge in [-0.15, -0.1) is 0 Å². The summed E-state index contributed by atoms with van der Waals surface area (Å²) < 4.78 is 0. The second-order valence-electron chi connectivity index (χ2n) is 4.34. The highest BCUT2D eigenvalue weighted by Crippen LogP contribution is 2.47. The molecule has 0 radical (unpaired) electrons. The van der Waals surface area contributed by atoms with E-state index in [0.717, 1.165) is 32.1 Å². The summed E-state index contributed by atoms with van der Waals surface area (Å²) >= 11 is 0. The van der Waals surface area contributed by atoms with Crippen LogP contribution in [0.2, 0.25) is 0 Å². The summed E-state index contributed by atoms with van der Waals surface area (Å²) in [6.07, 6.45) is 6.94. The number of Topliss-reactive ketones (excluding diaryl/α,β-unsaturated/α-hetero) is 1. The summed E-state index contributed by atoms with van der Waals surface area (Å²) in [7, 11) is 0. The van der Waals surface area contributed by atoms with Crippen LogP contribution >= 0.6 is 0 Å². The maximum absolute atomic E-state index is 11.8. The van der Waals surface area contributed by atoms with Gasteiger partial charge in [0, 0.05) is 6.42 Å². The fourth-order valence-corrected chi connectivity index (χ4v) is 2.94. The van der Waals surface area contributed by atoms with Crippen LogP contribution in [0, 0.1) is 22.7 Å². The van der Waals surface area contributed by atoms with E-state index in [4.69, 9.17) is 0 Å². The van der Waals surface area contributed by atoms with Gasteiger partial charge >= 0.3 is 0 Å². The first-order valence-corrected chi connectivity index (χ1v) is 5.24. The molecule has 0 N–H and O–H groups in total. The number of nitriles is 1. The second kappa shape index (κ2) is 3.14. The van der Waals surface area contributed by atoms with E-state index in [9.17, 15) is 10.1 Å². The van der Waals surface area contributed by atoms with Crippen molar-refractivity contribution in [1.29, 1.82) is 5.26 Å². The third-order valence-electron chi connectivity index (χ3n) is 3.72. The van der Waals surface area contributed by atoms with Gasteiger partial charge in [-0.1, -0.05) is 12.8 Å². The normalized spacial score (nSPS) is 39.3. The fourth-order valence-electron chi connectivity index (χ4n) is 2.94. The molecule has 0 amide bonds. The van der Waals surface area contributed by atoms with E-state index in [0.29, 0.717) is 12.3 Å². The van der Waals surface area contributed by atoms with Crippen molar-refractivity contribution in [2.75, 3.05) is 0 Å². The molecule has 2 heteroatoms. The van der Waals surface area contributed by atoms with Gasteiger partial charge in [-0.25, -0.2) is 0 Å². The van der Waals surface area contributed by atoms with Crippen LogP contribution in [0.25, 0.3) is 0 Å². The number of carbonyl (C=O) groups is 1. The Morgan fingerprint density at radius 1 is 1.31 bits per heavy atom. The van der Waals surface area contributed by atoms with Crippen molar-refractivity contribution in [3.8, 4) is 6.07 Å². The highest BCUT2D eigenvalue weighted by molar-refractivity contribution is 5.88. The molecule has 0 aromatic heterocycles. The first kappa shape index (κ1) is 8.74.